The number of nitrogens with zero attached hydrogens (tertiary/aromatic N) is 2. The average molecular weight is 370 g/mol. The fraction of sp³-hybridized carbons (Fsp3) is 0.350. The van der Waals surface area contributed by atoms with Crippen molar-refractivity contribution in [2.24, 2.45) is 0 Å². The maximum atomic E-state index is 12.8. The van der Waals surface area contributed by atoms with Crippen LogP contribution >= 0.6 is 0 Å². The van der Waals surface area contributed by atoms with Crippen LogP contribution in [0.5, 0.6) is 0 Å². The molecule has 0 radical (unpaired) electrons. The summed E-state index contributed by atoms with van der Waals surface area (Å²) < 4.78 is 26.6. The summed E-state index contributed by atoms with van der Waals surface area (Å²) in [6.07, 6.45) is 2.69. The van der Waals surface area contributed by atoms with E-state index in [1.54, 1.807) is 31.3 Å². The normalized spacial score (nSPS) is 17.2. The van der Waals surface area contributed by atoms with E-state index >= 15 is 0 Å². The standard InChI is InChI=1S/C20H22N2O3S/c1-21(18-8-9-18)26(24,25)19-10-6-16(7-11-19)20(23)22-13-12-15-4-2-3-5-17(15)14-22/h2-7,10-11,18H,8-9,12-14H2,1H3. The van der Waals surface area contributed by atoms with Crippen LogP contribution < -0.4 is 0 Å². The minimum absolute atomic E-state index is 0.0565. The Hall–Kier alpha value is -2.18. The van der Waals surface area contributed by atoms with Crippen molar-refractivity contribution in [1.29, 1.82) is 0 Å². The van der Waals surface area contributed by atoms with Gasteiger partial charge in [-0.25, -0.2) is 8.42 Å². The molecule has 0 spiro atoms. The molecular formula is C20H22N2O3S. The van der Waals surface area contributed by atoms with Crippen molar-refractivity contribution in [1.82, 2.24) is 9.21 Å². The number of benzene rings is 2. The van der Waals surface area contributed by atoms with Gasteiger partial charge >= 0.3 is 0 Å². The predicted molar refractivity (Wildman–Crippen MR) is 99.3 cm³/mol. The molecule has 0 unspecified atom stereocenters. The molecule has 0 saturated heterocycles. The highest BCUT2D eigenvalue weighted by Crippen LogP contribution is 2.30. The second-order valence-electron chi connectivity index (χ2n) is 7.02. The number of hydrogen-bond donors (Lipinski definition) is 0. The first-order valence-corrected chi connectivity index (χ1v) is 10.3. The Morgan fingerprint density at radius 2 is 1.69 bits per heavy atom. The molecule has 5 nitrogen and oxygen atoms in total. The fourth-order valence-corrected chi connectivity index (χ4v) is 4.84. The van der Waals surface area contributed by atoms with Gasteiger partial charge in [0.05, 0.1) is 4.90 Å². The van der Waals surface area contributed by atoms with Crippen LogP contribution in [0.25, 0.3) is 0 Å². The van der Waals surface area contributed by atoms with Gasteiger partial charge < -0.3 is 4.90 Å². The molecule has 0 bridgehead atoms. The molecule has 0 aromatic heterocycles. The van der Waals surface area contributed by atoms with Gasteiger partial charge in [-0.1, -0.05) is 24.3 Å². The molecule has 1 heterocycles. The van der Waals surface area contributed by atoms with Crippen molar-refractivity contribution in [2.75, 3.05) is 13.6 Å². The molecule has 4 rings (SSSR count). The summed E-state index contributed by atoms with van der Waals surface area (Å²) in [7, 11) is -1.85. The highest BCUT2D eigenvalue weighted by molar-refractivity contribution is 7.89. The molecule has 6 heteroatoms. The lowest BCUT2D eigenvalue weighted by atomic mass is 9.99. The van der Waals surface area contributed by atoms with Crippen molar-refractivity contribution in [3.63, 3.8) is 0 Å². The first kappa shape index (κ1) is 17.2. The quantitative estimate of drug-likeness (QED) is 0.831. The molecule has 26 heavy (non-hydrogen) atoms. The van der Waals surface area contributed by atoms with Gasteiger partial charge in [0, 0.05) is 31.7 Å². The molecule has 2 aliphatic rings. The van der Waals surface area contributed by atoms with E-state index in [9.17, 15) is 13.2 Å². The Bertz CT molecular complexity index is 934. The summed E-state index contributed by atoms with van der Waals surface area (Å²) in [5.74, 6) is -0.0565. The maximum Gasteiger partial charge on any atom is 0.254 e. The van der Waals surface area contributed by atoms with Crippen molar-refractivity contribution in [3.05, 3.63) is 65.2 Å². The van der Waals surface area contributed by atoms with E-state index in [0.29, 0.717) is 18.7 Å². The lowest BCUT2D eigenvalue weighted by Crippen LogP contribution is -2.36. The van der Waals surface area contributed by atoms with Gasteiger partial charge in [-0.2, -0.15) is 4.31 Å². The van der Waals surface area contributed by atoms with Gasteiger partial charge in [-0.05, 0) is 54.7 Å². The summed E-state index contributed by atoms with van der Waals surface area (Å²) in [5, 5.41) is 0. The topological polar surface area (TPSA) is 57.7 Å². The van der Waals surface area contributed by atoms with Crippen LogP contribution in [0.3, 0.4) is 0 Å². The summed E-state index contributed by atoms with van der Waals surface area (Å²) in [6.45, 7) is 1.28. The Morgan fingerprint density at radius 1 is 1.04 bits per heavy atom. The molecule has 1 aliphatic carbocycles. The Kier molecular flexibility index (Phi) is 4.32. The van der Waals surface area contributed by atoms with E-state index in [2.05, 4.69) is 12.1 Å². The number of amides is 1. The number of carbonyl (C=O) groups is 1. The number of sulfonamides is 1. The number of fused-ring (bicyclic) bond motifs is 1. The van der Waals surface area contributed by atoms with Gasteiger partial charge in [0.25, 0.3) is 5.91 Å². The molecule has 1 fully saturated rings. The van der Waals surface area contributed by atoms with Crippen LogP contribution in [0.1, 0.15) is 34.3 Å². The van der Waals surface area contributed by atoms with E-state index < -0.39 is 10.0 Å². The summed E-state index contributed by atoms with van der Waals surface area (Å²) in [6, 6.07) is 14.6. The van der Waals surface area contributed by atoms with E-state index in [1.807, 2.05) is 17.0 Å². The van der Waals surface area contributed by atoms with Crippen LogP contribution in [-0.2, 0) is 23.0 Å². The van der Waals surface area contributed by atoms with E-state index in [1.165, 1.54) is 15.4 Å². The number of hydrogen-bond acceptors (Lipinski definition) is 3. The van der Waals surface area contributed by atoms with Gasteiger partial charge in [-0.3, -0.25) is 4.79 Å². The van der Waals surface area contributed by atoms with Crippen LogP contribution in [0.15, 0.2) is 53.4 Å². The Labute approximate surface area is 154 Å². The van der Waals surface area contributed by atoms with Crippen LogP contribution in [0.4, 0.5) is 0 Å². The van der Waals surface area contributed by atoms with Crippen LogP contribution in [-0.4, -0.2) is 43.2 Å². The smallest absolute Gasteiger partial charge is 0.254 e. The molecule has 1 amide bonds. The van der Waals surface area contributed by atoms with E-state index in [-0.39, 0.29) is 16.8 Å². The first-order valence-electron chi connectivity index (χ1n) is 8.91. The lowest BCUT2D eigenvalue weighted by molar-refractivity contribution is 0.0734. The molecule has 136 valence electrons. The SMILES string of the molecule is CN(C1CC1)S(=O)(=O)c1ccc(C(=O)N2CCc3ccccc3C2)cc1. The van der Waals surface area contributed by atoms with Crippen molar-refractivity contribution in [2.45, 2.75) is 36.7 Å². The average Bonchev–Trinajstić information content (AvgIpc) is 3.51. The highest BCUT2D eigenvalue weighted by Gasteiger charge is 2.35. The third-order valence-electron chi connectivity index (χ3n) is 5.26. The maximum absolute atomic E-state index is 12.8. The van der Waals surface area contributed by atoms with Crippen molar-refractivity contribution >= 4 is 15.9 Å². The van der Waals surface area contributed by atoms with Crippen LogP contribution in [0, 0.1) is 0 Å². The molecule has 1 saturated carbocycles. The number of rotatable bonds is 4. The van der Waals surface area contributed by atoms with Crippen LogP contribution in [0.2, 0.25) is 0 Å². The first-order chi connectivity index (χ1) is 12.5. The summed E-state index contributed by atoms with van der Waals surface area (Å²) in [5.41, 5.74) is 3.00. The second kappa shape index (κ2) is 6.52. The van der Waals surface area contributed by atoms with Gasteiger partial charge in [0.15, 0.2) is 0 Å². The van der Waals surface area contributed by atoms with Gasteiger partial charge in [-0.15, -0.1) is 0 Å². The zero-order valence-electron chi connectivity index (χ0n) is 14.8. The predicted octanol–water partition coefficient (Wildman–Crippen LogP) is 2.67. The molecule has 2 aromatic rings. The molecular weight excluding hydrogens is 348 g/mol. The fourth-order valence-electron chi connectivity index (χ4n) is 3.42. The van der Waals surface area contributed by atoms with E-state index in [0.717, 1.165) is 19.3 Å². The summed E-state index contributed by atoms with van der Waals surface area (Å²) >= 11 is 0. The third kappa shape index (κ3) is 3.15. The van der Waals surface area contributed by atoms with Crippen molar-refractivity contribution in [3.8, 4) is 0 Å². The zero-order valence-corrected chi connectivity index (χ0v) is 15.6. The Balaban J connectivity index is 1.51. The second-order valence-corrected chi connectivity index (χ2v) is 9.02. The van der Waals surface area contributed by atoms with Gasteiger partial charge in [0.2, 0.25) is 10.0 Å². The number of carbonyl (C=O) groups excluding carboxylic acids is 1. The summed E-state index contributed by atoms with van der Waals surface area (Å²) in [4.78, 5) is 14.9. The third-order valence-corrected chi connectivity index (χ3v) is 7.18. The molecule has 1 aliphatic heterocycles. The minimum Gasteiger partial charge on any atom is -0.334 e. The molecule has 2 aromatic carbocycles. The molecule has 0 N–H and O–H groups in total. The lowest BCUT2D eigenvalue weighted by Gasteiger charge is -2.29. The largest absolute Gasteiger partial charge is 0.334 e. The highest BCUT2D eigenvalue weighted by atomic mass is 32.2. The Morgan fingerprint density at radius 3 is 2.35 bits per heavy atom. The zero-order chi connectivity index (χ0) is 18.3. The minimum atomic E-state index is -3.47. The molecule has 0 atom stereocenters. The van der Waals surface area contributed by atoms with Gasteiger partial charge in [0.1, 0.15) is 0 Å². The monoisotopic (exact) mass is 370 g/mol. The van der Waals surface area contributed by atoms with E-state index in [4.69, 9.17) is 0 Å². The van der Waals surface area contributed by atoms with Crippen molar-refractivity contribution < 1.29 is 13.2 Å².